The first-order chi connectivity index (χ1) is 8.51. The lowest BCUT2D eigenvalue weighted by Crippen LogP contribution is -2.37. The molecule has 1 aromatic rings. The highest BCUT2D eigenvalue weighted by atomic mass is 19.1. The second-order valence-corrected chi connectivity index (χ2v) is 4.06. The predicted molar refractivity (Wildman–Crippen MR) is 67.7 cm³/mol. The average molecular weight is 255 g/mol. The molecule has 0 fully saturated rings. The summed E-state index contributed by atoms with van der Waals surface area (Å²) in [7, 11) is 1.59. The molecule has 0 spiro atoms. The molecule has 0 radical (unpaired) electrons. The van der Waals surface area contributed by atoms with E-state index in [1.165, 1.54) is 12.1 Å². The van der Waals surface area contributed by atoms with Crippen LogP contribution in [0.2, 0.25) is 0 Å². The van der Waals surface area contributed by atoms with Crippen molar-refractivity contribution in [3.05, 3.63) is 29.6 Å². The van der Waals surface area contributed by atoms with Crippen LogP contribution in [-0.4, -0.2) is 37.4 Å². The number of rotatable bonds is 6. The van der Waals surface area contributed by atoms with Crippen LogP contribution in [0.15, 0.2) is 18.2 Å². The molecule has 4 nitrogen and oxygen atoms in total. The van der Waals surface area contributed by atoms with Gasteiger partial charge in [0, 0.05) is 19.7 Å². The van der Waals surface area contributed by atoms with Gasteiger partial charge in [0.2, 0.25) is 0 Å². The lowest BCUT2D eigenvalue weighted by Gasteiger charge is -2.30. The maximum Gasteiger partial charge on any atom is 0.337 e. The maximum atomic E-state index is 13.1. The van der Waals surface area contributed by atoms with Crippen molar-refractivity contribution < 1.29 is 19.0 Å². The number of ether oxygens (including phenoxy) is 1. The number of hydrogen-bond acceptors (Lipinski definition) is 3. The first kappa shape index (κ1) is 14.4. The van der Waals surface area contributed by atoms with Crippen molar-refractivity contribution >= 4 is 11.7 Å². The molecule has 1 rings (SSSR count). The number of benzene rings is 1. The molecule has 0 heterocycles. The summed E-state index contributed by atoms with van der Waals surface area (Å²) in [5.74, 6) is -1.68. The van der Waals surface area contributed by atoms with E-state index in [0.717, 1.165) is 6.07 Å². The second kappa shape index (κ2) is 6.35. The van der Waals surface area contributed by atoms with Gasteiger partial charge in [-0.15, -0.1) is 0 Å². The second-order valence-electron chi connectivity index (χ2n) is 4.06. The minimum Gasteiger partial charge on any atom is -0.478 e. The van der Waals surface area contributed by atoms with Crippen molar-refractivity contribution in [2.45, 2.75) is 19.9 Å². The summed E-state index contributed by atoms with van der Waals surface area (Å²) in [5, 5.41) is 9.12. The Hall–Kier alpha value is -1.62. The van der Waals surface area contributed by atoms with Crippen LogP contribution in [0.4, 0.5) is 10.1 Å². The number of hydrogen-bond donors (Lipinski definition) is 1. The highest BCUT2D eigenvalue weighted by Gasteiger charge is 2.19. The first-order valence-electron chi connectivity index (χ1n) is 5.79. The summed E-state index contributed by atoms with van der Waals surface area (Å²) < 4.78 is 18.2. The Kier molecular flexibility index (Phi) is 5.09. The smallest absolute Gasteiger partial charge is 0.337 e. The topological polar surface area (TPSA) is 49.8 Å². The lowest BCUT2D eigenvalue weighted by molar-refractivity contribution is 0.0696. The molecule has 0 amide bonds. The van der Waals surface area contributed by atoms with Crippen molar-refractivity contribution in [2.75, 3.05) is 25.2 Å². The quantitative estimate of drug-likeness (QED) is 0.848. The van der Waals surface area contributed by atoms with Crippen molar-refractivity contribution in [2.24, 2.45) is 0 Å². The van der Waals surface area contributed by atoms with Crippen molar-refractivity contribution in [1.29, 1.82) is 0 Å². The van der Waals surface area contributed by atoms with Gasteiger partial charge in [-0.3, -0.25) is 0 Å². The predicted octanol–water partition coefficient (Wildman–Crippen LogP) is 2.39. The molecule has 0 aliphatic carbocycles. The molecule has 1 aromatic carbocycles. The van der Waals surface area contributed by atoms with Crippen molar-refractivity contribution in [3.63, 3.8) is 0 Å². The van der Waals surface area contributed by atoms with Gasteiger partial charge >= 0.3 is 5.97 Å². The summed E-state index contributed by atoms with van der Waals surface area (Å²) in [4.78, 5) is 13.0. The largest absolute Gasteiger partial charge is 0.478 e. The normalized spacial score (nSPS) is 12.2. The standard InChI is InChI=1S/C13H18FNO3/c1-4-15(9(2)8-18-3)12-6-5-10(14)7-11(12)13(16)17/h5-7,9H,4,8H2,1-3H3,(H,16,17). The Morgan fingerprint density at radius 1 is 1.56 bits per heavy atom. The summed E-state index contributed by atoms with van der Waals surface area (Å²) >= 11 is 0. The minimum absolute atomic E-state index is 0.0172. The maximum absolute atomic E-state index is 13.1. The number of methoxy groups -OCH3 is 1. The van der Waals surface area contributed by atoms with E-state index in [1.54, 1.807) is 7.11 Å². The van der Waals surface area contributed by atoms with Crippen LogP contribution >= 0.6 is 0 Å². The Morgan fingerprint density at radius 2 is 2.22 bits per heavy atom. The molecular weight excluding hydrogens is 237 g/mol. The number of anilines is 1. The molecule has 0 aliphatic rings. The summed E-state index contributed by atoms with van der Waals surface area (Å²) in [6, 6.07) is 3.82. The van der Waals surface area contributed by atoms with Gasteiger partial charge in [0.15, 0.2) is 0 Å². The zero-order valence-electron chi connectivity index (χ0n) is 10.8. The zero-order valence-corrected chi connectivity index (χ0v) is 10.8. The molecule has 18 heavy (non-hydrogen) atoms. The molecule has 100 valence electrons. The van der Waals surface area contributed by atoms with Crippen LogP contribution in [-0.2, 0) is 4.74 Å². The number of likely N-dealkylation sites (N-methyl/N-ethyl adjacent to an activating group) is 1. The third kappa shape index (κ3) is 3.20. The van der Waals surface area contributed by atoms with E-state index in [2.05, 4.69) is 0 Å². The molecule has 1 atom stereocenters. The molecule has 0 aliphatic heterocycles. The lowest BCUT2D eigenvalue weighted by atomic mass is 10.1. The van der Waals surface area contributed by atoms with E-state index in [0.29, 0.717) is 18.8 Å². The van der Waals surface area contributed by atoms with E-state index in [9.17, 15) is 9.18 Å². The van der Waals surface area contributed by atoms with E-state index < -0.39 is 11.8 Å². The van der Waals surface area contributed by atoms with E-state index in [-0.39, 0.29) is 11.6 Å². The van der Waals surface area contributed by atoms with Gasteiger partial charge in [0.1, 0.15) is 5.82 Å². The number of aromatic carboxylic acids is 1. The van der Waals surface area contributed by atoms with Crippen molar-refractivity contribution in [3.8, 4) is 0 Å². The van der Waals surface area contributed by atoms with Gasteiger partial charge in [-0.05, 0) is 32.0 Å². The highest BCUT2D eigenvalue weighted by Crippen LogP contribution is 2.23. The fourth-order valence-corrected chi connectivity index (χ4v) is 1.98. The fraction of sp³-hybridized carbons (Fsp3) is 0.462. The molecule has 0 aromatic heterocycles. The minimum atomic E-state index is -1.13. The number of carboxylic acids is 1. The Labute approximate surface area is 106 Å². The molecule has 1 N–H and O–H groups in total. The van der Waals surface area contributed by atoms with Crippen LogP contribution in [0, 0.1) is 5.82 Å². The van der Waals surface area contributed by atoms with Crippen LogP contribution in [0.25, 0.3) is 0 Å². The number of carboxylic acid groups (broad SMARTS) is 1. The van der Waals surface area contributed by atoms with Crippen molar-refractivity contribution in [1.82, 2.24) is 0 Å². The summed E-state index contributed by atoms with van der Waals surface area (Å²) in [6.45, 7) is 4.95. The number of carbonyl (C=O) groups is 1. The van der Waals surface area contributed by atoms with Crippen LogP contribution in [0.3, 0.4) is 0 Å². The summed E-state index contributed by atoms with van der Waals surface area (Å²) in [6.07, 6.45) is 0. The van der Waals surface area contributed by atoms with Gasteiger partial charge in [-0.1, -0.05) is 0 Å². The van der Waals surface area contributed by atoms with E-state index >= 15 is 0 Å². The van der Waals surface area contributed by atoms with E-state index in [1.807, 2.05) is 18.7 Å². The van der Waals surface area contributed by atoms with Gasteiger partial charge in [-0.2, -0.15) is 0 Å². The first-order valence-corrected chi connectivity index (χ1v) is 5.79. The van der Waals surface area contributed by atoms with Gasteiger partial charge in [-0.25, -0.2) is 9.18 Å². The van der Waals surface area contributed by atoms with Gasteiger partial charge < -0.3 is 14.7 Å². The Bertz CT molecular complexity index is 423. The third-order valence-corrected chi connectivity index (χ3v) is 2.78. The van der Waals surface area contributed by atoms with Gasteiger partial charge in [0.05, 0.1) is 17.9 Å². The summed E-state index contributed by atoms with van der Waals surface area (Å²) in [5.41, 5.74) is 0.482. The van der Waals surface area contributed by atoms with Crippen LogP contribution < -0.4 is 4.90 Å². The molecule has 0 saturated carbocycles. The molecule has 0 bridgehead atoms. The highest BCUT2D eigenvalue weighted by molar-refractivity contribution is 5.94. The Morgan fingerprint density at radius 3 is 2.72 bits per heavy atom. The van der Waals surface area contributed by atoms with Crippen LogP contribution in [0.5, 0.6) is 0 Å². The average Bonchev–Trinajstić information content (AvgIpc) is 2.32. The fourth-order valence-electron chi connectivity index (χ4n) is 1.98. The number of nitrogens with zero attached hydrogens (tertiary/aromatic N) is 1. The SMILES string of the molecule is CCN(c1ccc(F)cc1C(=O)O)C(C)COC. The Balaban J connectivity index is 3.16. The molecule has 5 heteroatoms. The van der Waals surface area contributed by atoms with E-state index in [4.69, 9.17) is 9.84 Å². The third-order valence-electron chi connectivity index (χ3n) is 2.78. The molecule has 0 saturated heterocycles. The molecular formula is C13H18FNO3. The van der Waals surface area contributed by atoms with Gasteiger partial charge in [0.25, 0.3) is 0 Å². The van der Waals surface area contributed by atoms with Crippen LogP contribution in [0.1, 0.15) is 24.2 Å². The molecule has 1 unspecified atom stereocenters. The zero-order chi connectivity index (χ0) is 13.7. The number of halogens is 1. The monoisotopic (exact) mass is 255 g/mol.